The molecule has 244 valence electrons. The Labute approximate surface area is 273 Å². The van der Waals surface area contributed by atoms with Crippen LogP contribution in [0.4, 0.5) is 4.79 Å². The Morgan fingerprint density at radius 1 is 1.02 bits per heavy atom. The van der Waals surface area contributed by atoms with Crippen LogP contribution >= 0.6 is 0 Å². The van der Waals surface area contributed by atoms with E-state index in [1.165, 1.54) is 7.11 Å². The van der Waals surface area contributed by atoms with Gasteiger partial charge in [0.2, 0.25) is 0 Å². The summed E-state index contributed by atoms with van der Waals surface area (Å²) < 4.78 is 4.79. The van der Waals surface area contributed by atoms with Gasteiger partial charge in [-0.05, 0) is 34.1 Å². The molecule has 10 heteroatoms. The van der Waals surface area contributed by atoms with E-state index < -0.39 is 41.2 Å². The Hall–Kier alpha value is -4.12. The zero-order valence-electron chi connectivity index (χ0n) is 27.5. The number of carbonyl (C=O) groups is 2. The topological polar surface area (TPSA) is 123 Å². The lowest BCUT2D eigenvalue weighted by Crippen LogP contribution is -2.57. The molecular weight excluding hydrogens is 579 g/mol. The lowest BCUT2D eigenvalue weighted by Gasteiger charge is -2.37. The number of nitrogens with zero attached hydrogens (tertiary/aromatic N) is 1. The monoisotopic (exact) mass is 626 g/mol. The molecule has 1 aliphatic rings. The summed E-state index contributed by atoms with van der Waals surface area (Å²) in [4.78, 5) is 25.8. The first-order chi connectivity index (χ1) is 21.8. The molecule has 3 aromatic rings. The van der Waals surface area contributed by atoms with Crippen molar-refractivity contribution in [3.63, 3.8) is 0 Å². The van der Waals surface area contributed by atoms with E-state index in [0.717, 1.165) is 27.7 Å². The largest absolute Gasteiger partial charge is 0.453 e. The molecule has 0 fully saturated rings. The fourth-order valence-electron chi connectivity index (χ4n) is 5.83. The molecule has 2 unspecified atom stereocenters. The lowest BCUT2D eigenvalue weighted by atomic mass is 9.86. The number of nitrogens with one attached hydrogen (secondary N) is 3. The van der Waals surface area contributed by atoms with Gasteiger partial charge < -0.3 is 25.6 Å². The summed E-state index contributed by atoms with van der Waals surface area (Å²) in [5.41, 5.74) is 6.39. The predicted octanol–water partition coefficient (Wildman–Crippen LogP) is 2.67. The van der Waals surface area contributed by atoms with Crippen LogP contribution in [0.1, 0.15) is 55.5 Å². The van der Waals surface area contributed by atoms with Crippen molar-refractivity contribution in [1.82, 2.24) is 21.1 Å². The van der Waals surface area contributed by atoms with Crippen LogP contribution in [-0.4, -0.2) is 66.5 Å². The van der Waals surface area contributed by atoms with Gasteiger partial charge in [0.15, 0.2) is 0 Å². The summed E-state index contributed by atoms with van der Waals surface area (Å²) in [6, 6.07) is 24.3. The van der Waals surface area contributed by atoms with E-state index in [1.807, 2.05) is 107 Å². The summed E-state index contributed by atoms with van der Waals surface area (Å²) in [6.07, 6.45) is -0.372. The second-order valence-corrected chi connectivity index (χ2v) is 13.3. The van der Waals surface area contributed by atoms with Gasteiger partial charge in [0.1, 0.15) is 19.5 Å². The molecule has 5 N–H and O–H groups in total. The molecule has 2 amide bonds. The molecule has 9 nitrogen and oxygen atoms in total. The molecule has 46 heavy (non-hydrogen) atoms. The summed E-state index contributed by atoms with van der Waals surface area (Å²) in [5.74, 6) is -0.403. The molecule has 0 saturated heterocycles. The minimum atomic E-state index is -1.44. The average Bonchev–Trinajstić information content (AvgIpc) is 3.33. The molecule has 0 radical (unpaired) electrons. The first-order valence-electron chi connectivity index (χ1n) is 15.7. The van der Waals surface area contributed by atoms with Gasteiger partial charge in [0.25, 0.3) is 5.91 Å². The number of hydrogen-bond acceptors (Lipinski definition) is 7. The third kappa shape index (κ3) is 8.99. The number of methoxy groups -OCH3 is 1. The van der Waals surface area contributed by atoms with Crippen molar-refractivity contribution in [2.75, 3.05) is 13.7 Å². The molecule has 3 aromatic carbocycles. The van der Waals surface area contributed by atoms with Crippen LogP contribution in [0.25, 0.3) is 0 Å². The van der Waals surface area contributed by atoms with Gasteiger partial charge >= 0.3 is 6.09 Å². The number of aliphatic hydroxyl groups is 2. The lowest BCUT2D eigenvalue weighted by molar-refractivity contribution is -0.131. The maximum atomic E-state index is 13.7. The normalized spacial score (nSPS) is 17.8. The highest BCUT2D eigenvalue weighted by Gasteiger charge is 2.38. The molecule has 4 rings (SSSR count). The quantitative estimate of drug-likeness (QED) is 0.146. The number of amides is 2. The minimum absolute atomic E-state index is 0.203. The average molecular weight is 627 g/mol. The molecular formula is C36H47BN4O5. The molecule has 0 aliphatic heterocycles. The van der Waals surface area contributed by atoms with E-state index in [9.17, 15) is 19.8 Å². The van der Waals surface area contributed by atoms with E-state index in [-0.39, 0.29) is 19.4 Å². The Bertz CT molecular complexity index is 1490. The van der Waals surface area contributed by atoms with Crippen molar-refractivity contribution in [3.8, 4) is 0 Å². The highest BCUT2D eigenvalue weighted by Crippen LogP contribution is 2.34. The summed E-state index contributed by atoms with van der Waals surface area (Å²) in [5, 5.41) is 31.1. The predicted molar refractivity (Wildman–Crippen MR) is 183 cm³/mol. The number of rotatable bonds is 13. The van der Waals surface area contributed by atoms with E-state index in [4.69, 9.17) is 4.74 Å². The highest BCUT2D eigenvalue weighted by molar-refractivity contribution is 6.32. The second kappa shape index (κ2) is 15.0. The van der Waals surface area contributed by atoms with Crippen LogP contribution in [0, 0.1) is 5.41 Å². The third-order valence-corrected chi connectivity index (χ3v) is 8.57. The summed E-state index contributed by atoms with van der Waals surface area (Å²) in [7, 11) is 3.27. The molecule has 4 atom stereocenters. The number of aliphatic hydroxyl groups excluding tert-OH is 1. The van der Waals surface area contributed by atoms with Crippen LogP contribution in [0.3, 0.4) is 0 Å². The molecule has 0 aromatic heterocycles. The van der Waals surface area contributed by atoms with Gasteiger partial charge in [-0.25, -0.2) is 9.80 Å². The minimum Gasteiger partial charge on any atom is -0.453 e. The summed E-state index contributed by atoms with van der Waals surface area (Å²) >= 11 is 0. The van der Waals surface area contributed by atoms with Crippen molar-refractivity contribution in [2.45, 2.75) is 70.4 Å². The maximum absolute atomic E-state index is 13.7. The first-order valence-corrected chi connectivity index (χ1v) is 15.7. The maximum Gasteiger partial charge on any atom is 0.407 e. The number of hydrazine groups is 1. The number of fused-ring (bicyclic) bond motifs is 1. The van der Waals surface area contributed by atoms with Gasteiger partial charge in [-0.1, -0.05) is 112 Å². The van der Waals surface area contributed by atoms with Crippen LogP contribution in [-0.2, 0) is 28.9 Å². The van der Waals surface area contributed by atoms with Gasteiger partial charge in [-0.15, -0.1) is 0 Å². The Morgan fingerprint density at radius 3 is 2.33 bits per heavy atom. The summed E-state index contributed by atoms with van der Waals surface area (Å²) in [6.45, 7) is 10.5. The third-order valence-electron chi connectivity index (χ3n) is 8.57. The van der Waals surface area contributed by atoms with Gasteiger partial charge in [-0.2, -0.15) is 0 Å². The van der Waals surface area contributed by atoms with Crippen LogP contribution in [0.2, 0.25) is 0 Å². The Kier molecular flexibility index (Phi) is 11.3. The van der Waals surface area contributed by atoms with Gasteiger partial charge in [0, 0.05) is 31.6 Å². The number of hydrogen-bond donors (Lipinski definition) is 5. The number of benzene rings is 3. The van der Waals surface area contributed by atoms with Crippen LogP contribution in [0.15, 0.2) is 91.1 Å². The zero-order chi connectivity index (χ0) is 33.5. The smallest absolute Gasteiger partial charge is 0.407 e. The van der Waals surface area contributed by atoms with E-state index >= 15 is 0 Å². The molecule has 0 saturated carbocycles. The molecule has 0 heterocycles. The number of ether oxygens (including phenoxy) is 1. The first kappa shape index (κ1) is 34.8. The van der Waals surface area contributed by atoms with Crippen molar-refractivity contribution in [1.29, 1.82) is 0 Å². The Morgan fingerprint density at radius 2 is 1.67 bits per heavy atom. The SMILES string of the molecule is Bc1ccc(CN(CC[C@](O)(Cc2ccccc2)C(=C)NC2c3ccccc3C[C@H]2O)NC(=O)C(NC(=O)OC)C(C)(C)C)cc1. The van der Waals surface area contributed by atoms with Gasteiger partial charge in [0.05, 0.1) is 19.3 Å². The van der Waals surface area contributed by atoms with E-state index in [2.05, 4.69) is 22.6 Å². The number of alkyl carbamates (subject to hydrolysis) is 1. The van der Waals surface area contributed by atoms with Crippen molar-refractivity contribution in [3.05, 3.63) is 113 Å². The molecule has 0 bridgehead atoms. The van der Waals surface area contributed by atoms with Crippen LogP contribution < -0.4 is 21.5 Å². The standard InChI is InChI=1S/C36H47BN4O5/c1-24(38-31-29-14-10-9-13-27(29)21-30(31)42)36(45,22-25-11-7-6-8-12-25)19-20-41(23-26-15-17-28(37)18-16-26)40-33(43)32(35(2,3)4)39-34(44)46-5/h6-18,30-32,38,42,45H,1,19-23,37H2,2-5H3,(H,39,44)(H,40,43)/t30-,31?,32?,36+/m1/s1. The van der Waals surface area contributed by atoms with Crippen molar-refractivity contribution in [2.24, 2.45) is 5.41 Å². The molecule has 0 spiro atoms. The van der Waals surface area contributed by atoms with Crippen molar-refractivity contribution < 1.29 is 24.5 Å². The van der Waals surface area contributed by atoms with Crippen LogP contribution in [0.5, 0.6) is 0 Å². The fraction of sp³-hybridized carbons (Fsp3) is 0.389. The fourth-order valence-corrected chi connectivity index (χ4v) is 5.83. The Balaban J connectivity index is 1.60. The van der Waals surface area contributed by atoms with E-state index in [0.29, 0.717) is 18.7 Å². The van der Waals surface area contributed by atoms with E-state index in [1.54, 1.807) is 5.01 Å². The van der Waals surface area contributed by atoms with Gasteiger partial charge in [-0.3, -0.25) is 10.2 Å². The van der Waals surface area contributed by atoms with Crippen molar-refractivity contribution >= 4 is 25.3 Å². The zero-order valence-corrected chi connectivity index (χ0v) is 27.5. The highest BCUT2D eigenvalue weighted by atomic mass is 16.5. The number of carbonyl (C=O) groups excluding carboxylic acids is 2. The molecule has 1 aliphatic carbocycles. The second-order valence-electron chi connectivity index (χ2n) is 13.3.